The van der Waals surface area contributed by atoms with Gasteiger partial charge in [0.2, 0.25) is 0 Å². The highest BCUT2D eigenvalue weighted by molar-refractivity contribution is 5.75. The van der Waals surface area contributed by atoms with E-state index in [2.05, 4.69) is 0 Å². The van der Waals surface area contributed by atoms with E-state index in [-0.39, 0.29) is 13.1 Å². The standard InChI is InChI=1S/C7H9N.BH3.FH/c8-6-7-4-2-1-3-5-7;;/h1-5H,6,8H2;1H3;1H. The Bertz CT molecular complexity index is 155. The number of hydrogen-bond acceptors (Lipinski definition) is 1. The summed E-state index contributed by atoms with van der Waals surface area (Å²) in [7, 11) is 0. The maximum absolute atomic E-state index is 5.35. The zero-order valence-electron chi connectivity index (χ0n) is 5.08. The van der Waals surface area contributed by atoms with E-state index in [9.17, 15) is 0 Å². The molecule has 2 N–H and O–H groups in total. The predicted molar refractivity (Wildman–Crippen MR) is 46.8 cm³/mol. The van der Waals surface area contributed by atoms with Crippen molar-refractivity contribution >= 4 is 8.41 Å². The Morgan fingerprint density at radius 3 is 1.90 bits per heavy atom. The fourth-order valence-corrected chi connectivity index (χ4v) is 0.614. The average molecular weight is 141 g/mol. The molecule has 1 aromatic carbocycles. The highest BCUT2D eigenvalue weighted by Crippen LogP contribution is 1.94. The summed E-state index contributed by atoms with van der Waals surface area (Å²) in [4.78, 5) is 0. The molecular weight excluding hydrogens is 128 g/mol. The normalized spacial score (nSPS) is 7.30. The maximum Gasteiger partial charge on any atom is 0.0814 e. The van der Waals surface area contributed by atoms with E-state index in [4.69, 9.17) is 5.73 Å². The van der Waals surface area contributed by atoms with E-state index in [1.165, 1.54) is 5.56 Å². The third-order valence-electron chi connectivity index (χ3n) is 1.08. The molecule has 0 heterocycles. The molecule has 1 nitrogen and oxygen atoms in total. The highest BCUT2D eigenvalue weighted by atomic mass is 19.0. The number of halogens is 1. The summed E-state index contributed by atoms with van der Waals surface area (Å²) in [5.74, 6) is 0. The van der Waals surface area contributed by atoms with Gasteiger partial charge in [0.25, 0.3) is 0 Å². The number of hydrogen-bond donors (Lipinski definition) is 1. The lowest BCUT2D eigenvalue weighted by atomic mass is 10.2. The Kier molecular flexibility index (Phi) is 7.50. The first kappa shape index (κ1) is 11.9. The molecule has 10 heavy (non-hydrogen) atoms. The second-order valence-electron chi connectivity index (χ2n) is 1.69. The molecule has 56 valence electrons. The zero-order chi connectivity index (χ0) is 5.82. The van der Waals surface area contributed by atoms with E-state index >= 15 is 0 Å². The van der Waals surface area contributed by atoms with Crippen LogP contribution in [0.4, 0.5) is 4.70 Å². The van der Waals surface area contributed by atoms with E-state index in [0.29, 0.717) is 6.54 Å². The van der Waals surface area contributed by atoms with Gasteiger partial charge >= 0.3 is 0 Å². The Balaban J connectivity index is 0. The second kappa shape index (κ2) is 6.30. The van der Waals surface area contributed by atoms with Crippen LogP contribution in [0, 0.1) is 0 Å². The molecule has 0 aliphatic rings. The van der Waals surface area contributed by atoms with E-state index in [0.717, 1.165) is 0 Å². The van der Waals surface area contributed by atoms with Crippen LogP contribution < -0.4 is 5.73 Å². The summed E-state index contributed by atoms with van der Waals surface area (Å²) >= 11 is 0. The smallest absolute Gasteiger partial charge is 0.0814 e. The predicted octanol–water partition coefficient (Wildman–Crippen LogP) is 0.114. The molecule has 0 aliphatic heterocycles. The fourth-order valence-electron chi connectivity index (χ4n) is 0.614. The quantitative estimate of drug-likeness (QED) is 0.552. The van der Waals surface area contributed by atoms with Crippen LogP contribution in [0.2, 0.25) is 0 Å². The summed E-state index contributed by atoms with van der Waals surface area (Å²) in [6.45, 7) is 0.640. The number of rotatable bonds is 1. The summed E-state index contributed by atoms with van der Waals surface area (Å²) < 4.78 is 0. The minimum atomic E-state index is 0. The average Bonchev–Trinajstić information content (AvgIpc) is 1.90. The Labute approximate surface area is 62.2 Å². The molecule has 0 radical (unpaired) electrons. The van der Waals surface area contributed by atoms with Crippen molar-refractivity contribution in [2.75, 3.05) is 0 Å². The SMILES string of the molecule is B.F.NCc1ccccc1. The molecule has 0 fully saturated rings. The Morgan fingerprint density at radius 2 is 1.60 bits per heavy atom. The van der Waals surface area contributed by atoms with Crippen molar-refractivity contribution in [3.05, 3.63) is 35.9 Å². The van der Waals surface area contributed by atoms with Crippen LogP contribution in [0.25, 0.3) is 0 Å². The van der Waals surface area contributed by atoms with Gasteiger partial charge in [0, 0.05) is 6.54 Å². The molecular formula is C7H13BFN. The molecule has 0 bridgehead atoms. The third kappa shape index (κ3) is 3.25. The van der Waals surface area contributed by atoms with Gasteiger partial charge < -0.3 is 5.73 Å². The first-order chi connectivity index (χ1) is 3.93. The van der Waals surface area contributed by atoms with Crippen molar-refractivity contribution in [1.29, 1.82) is 0 Å². The molecule has 0 saturated heterocycles. The molecule has 0 atom stereocenters. The summed E-state index contributed by atoms with van der Waals surface area (Å²) in [6, 6.07) is 9.99. The minimum Gasteiger partial charge on any atom is -0.326 e. The van der Waals surface area contributed by atoms with Gasteiger partial charge in [0.15, 0.2) is 0 Å². The van der Waals surface area contributed by atoms with Crippen molar-refractivity contribution in [3.8, 4) is 0 Å². The van der Waals surface area contributed by atoms with E-state index < -0.39 is 0 Å². The fraction of sp³-hybridized carbons (Fsp3) is 0.143. The van der Waals surface area contributed by atoms with Crippen LogP contribution in [-0.4, -0.2) is 8.41 Å². The van der Waals surface area contributed by atoms with Crippen LogP contribution in [0.3, 0.4) is 0 Å². The van der Waals surface area contributed by atoms with E-state index in [1.54, 1.807) is 0 Å². The van der Waals surface area contributed by atoms with Crippen molar-refractivity contribution in [1.82, 2.24) is 0 Å². The van der Waals surface area contributed by atoms with Crippen LogP contribution in [0.15, 0.2) is 30.3 Å². The van der Waals surface area contributed by atoms with Gasteiger partial charge in [-0.3, -0.25) is 4.70 Å². The minimum absolute atomic E-state index is 0. The molecule has 1 aromatic rings. The highest BCUT2D eigenvalue weighted by Gasteiger charge is 1.80. The monoisotopic (exact) mass is 141 g/mol. The molecule has 0 aliphatic carbocycles. The summed E-state index contributed by atoms with van der Waals surface area (Å²) in [5, 5.41) is 0. The molecule has 0 amide bonds. The maximum atomic E-state index is 5.35. The molecule has 0 saturated carbocycles. The summed E-state index contributed by atoms with van der Waals surface area (Å²) in [5.41, 5.74) is 6.54. The molecule has 0 unspecified atom stereocenters. The van der Waals surface area contributed by atoms with Gasteiger partial charge in [-0.25, -0.2) is 0 Å². The topological polar surface area (TPSA) is 26.0 Å². The molecule has 1 rings (SSSR count). The molecule has 0 aromatic heterocycles. The van der Waals surface area contributed by atoms with Gasteiger partial charge in [-0.05, 0) is 5.56 Å². The first-order valence-electron chi connectivity index (χ1n) is 2.67. The van der Waals surface area contributed by atoms with Gasteiger partial charge in [0.05, 0.1) is 8.41 Å². The van der Waals surface area contributed by atoms with Crippen molar-refractivity contribution in [2.45, 2.75) is 6.54 Å². The zero-order valence-corrected chi connectivity index (χ0v) is 5.08. The van der Waals surface area contributed by atoms with Gasteiger partial charge in [-0.1, -0.05) is 30.3 Å². The lowest BCUT2D eigenvalue weighted by Crippen LogP contribution is -1.94. The summed E-state index contributed by atoms with van der Waals surface area (Å²) in [6.07, 6.45) is 0. The van der Waals surface area contributed by atoms with Crippen LogP contribution in [0.5, 0.6) is 0 Å². The largest absolute Gasteiger partial charge is 0.326 e. The molecule has 3 heteroatoms. The van der Waals surface area contributed by atoms with Crippen LogP contribution in [-0.2, 0) is 6.54 Å². The van der Waals surface area contributed by atoms with Gasteiger partial charge in [0.1, 0.15) is 0 Å². The second-order valence-corrected chi connectivity index (χ2v) is 1.69. The lowest BCUT2D eigenvalue weighted by molar-refractivity contribution is 1.07. The van der Waals surface area contributed by atoms with Crippen LogP contribution >= 0.6 is 0 Å². The van der Waals surface area contributed by atoms with Gasteiger partial charge in [-0.15, -0.1) is 0 Å². The van der Waals surface area contributed by atoms with Gasteiger partial charge in [-0.2, -0.15) is 0 Å². The number of nitrogens with two attached hydrogens (primary N) is 1. The lowest BCUT2D eigenvalue weighted by Gasteiger charge is -1.90. The van der Waals surface area contributed by atoms with Crippen molar-refractivity contribution in [3.63, 3.8) is 0 Å². The third-order valence-corrected chi connectivity index (χ3v) is 1.08. The Morgan fingerprint density at radius 1 is 1.10 bits per heavy atom. The van der Waals surface area contributed by atoms with Crippen molar-refractivity contribution < 1.29 is 4.70 Å². The van der Waals surface area contributed by atoms with Crippen LogP contribution in [0.1, 0.15) is 5.56 Å². The van der Waals surface area contributed by atoms with E-state index in [1.807, 2.05) is 30.3 Å². The Hall–Kier alpha value is -0.825. The molecule has 0 spiro atoms. The first-order valence-corrected chi connectivity index (χ1v) is 2.67. The van der Waals surface area contributed by atoms with Crippen molar-refractivity contribution in [2.24, 2.45) is 5.73 Å². The number of benzene rings is 1.